The molecule has 0 saturated carbocycles. The van der Waals surface area contributed by atoms with Crippen LogP contribution in [0.1, 0.15) is 62.1 Å². The highest BCUT2D eigenvalue weighted by Gasteiger charge is 2.29. The summed E-state index contributed by atoms with van der Waals surface area (Å²) in [6, 6.07) is 46.3. The first-order valence-electron chi connectivity index (χ1n) is 47.3. The molecule has 6 saturated heterocycles. The Morgan fingerprint density at radius 1 is 0.426 bits per heavy atom. The van der Waals surface area contributed by atoms with Crippen molar-refractivity contribution in [1.82, 2.24) is 97.4 Å². The number of piperazine rings is 1. The van der Waals surface area contributed by atoms with E-state index in [1.54, 1.807) is 24.3 Å². The molecule has 6 fully saturated rings. The van der Waals surface area contributed by atoms with Gasteiger partial charge in [-0.15, -0.1) is 20.4 Å². The summed E-state index contributed by atoms with van der Waals surface area (Å²) < 4.78 is 95.3. The Labute approximate surface area is 826 Å². The number of morpholine rings is 4. The van der Waals surface area contributed by atoms with Crippen molar-refractivity contribution in [3.8, 4) is 45.6 Å². The van der Waals surface area contributed by atoms with Gasteiger partial charge in [0.25, 0.3) is 5.91 Å². The number of carbonyl (C=O) groups is 2. The number of sulfone groups is 1. The number of benzene rings is 5. The molecule has 13 aromatic rings. The van der Waals surface area contributed by atoms with Crippen LogP contribution in [0.15, 0.2) is 170 Å². The summed E-state index contributed by atoms with van der Waals surface area (Å²) >= 11 is -0.750. The number of nitrogens with zero attached hydrogens (tertiary/aromatic N) is 23. The lowest BCUT2D eigenvalue weighted by Gasteiger charge is -2.35. The number of rotatable bonds is 26. The molecule has 0 radical (unpaired) electrons. The smallest absolute Gasteiger partial charge is 0.335 e. The highest BCUT2D eigenvalue weighted by atomic mass is 32.2. The van der Waals surface area contributed by atoms with Gasteiger partial charge in [0.15, 0.2) is 56.4 Å². The van der Waals surface area contributed by atoms with E-state index in [9.17, 15) is 31.5 Å². The van der Waals surface area contributed by atoms with Gasteiger partial charge in [-0.05, 0) is 206 Å². The lowest BCUT2D eigenvalue weighted by molar-refractivity contribution is 0.0663. The number of urea groups is 1. The maximum atomic E-state index is 13.0. The second-order valence-electron chi connectivity index (χ2n) is 37.2. The summed E-state index contributed by atoms with van der Waals surface area (Å²) in [5.41, 5.74) is 16.4. The number of ether oxygens (including phenoxy) is 4. The maximum Gasteiger partial charge on any atom is 0.335 e. The maximum absolute atomic E-state index is 13.0. The number of nitrogens with one attached hydrogen (secondary N) is 3. The number of aliphatic hydroxyl groups excluding tert-OH is 1. The molecule has 5 aromatic carbocycles. The number of hydrogen-bond acceptors (Lipinski definition) is 31. The molecule has 4 N–H and O–H groups in total. The minimum Gasteiger partial charge on any atom is -0.392 e. The first-order chi connectivity index (χ1) is 67.9. The number of likely N-dealkylation sites (N-methyl/N-ethyl adjacent to an activating group) is 1. The van der Waals surface area contributed by atoms with Crippen LogP contribution < -0.4 is 35.0 Å². The van der Waals surface area contributed by atoms with Crippen LogP contribution in [0.3, 0.4) is 0 Å². The SMILES string of the molecule is CN(C)Cc1cc2c(N3CCOCC3)nc(-c3cccc(CNS(C)(=O)=O)c3)nn2c1.CN(C)Cc1cc2c(N3CCOCC3)nc(-c3cccc(CO)c3)nn2c1.CN(C)Cc1cc2c(N3CCOCC3)nc(-c3cccc(CS(C)(=O)=O)c3)nn2c1.CN1CCN(Cc2cc3c(N4CCOCC4)nc(-c4ccc(NC(=O)Nc5ccc(C(=O)N6CCC(N(C)C)CC6)cc5)cc4)nn3c2)CC1.O=S=O. The van der Waals surface area contributed by atoms with E-state index in [0.29, 0.717) is 99.1 Å². The molecule has 6 aliphatic heterocycles. The first kappa shape index (κ1) is 103. The zero-order valence-electron chi connectivity index (χ0n) is 82.0. The number of aromatic nitrogens is 12. The number of likely N-dealkylation sites (tertiary alicyclic amines) is 1. The molecule has 19 rings (SSSR count). The van der Waals surface area contributed by atoms with Crippen molar-refractivity contribution >= 4 is 100 Å². The van der Waals surface area contributed by atoms with Crippen molar-refractivity contribution in [1.29, 1.82) is 0 Å². The molecule has 39 nitrogen and oxygen atoms in total. The van der Waals surface area contributed by atoms with E-state index in [1.165, 1.54) is 17.4 Å². The van der Waals surface area contributed by atoms with Gasteiger partial charge in [-0.2, -0.15) is 8.42 Å². The summed E-state index contributed by atoms with van der Waals surface area (Å²) in [6.07, 6.45) is 12.6. The van der Waals surface area contributed by atoms with Crippen molar-refractivity contribution in [2.75, 3.05) is 251 Å². The van der Waals surface area contributed by atoms with Gasteiger partial charge in [0.05, 0.1) is 71.5 Å². The Morgan fingerprint density at radius 2 is 0.773 bits per heavy atom. The molecule has 3 amide bonds. The van der Waals surface area contributed by atoms with Crippen molar-refractivity contribution in [2.45, 2.75) is 64.0 Å². The molecule has 0 atom stereocenters. The van der Waals surface area contributed by atoms with Crippen LogP contribution in [0.2, 0.25) is 0 Å². The number of hydrogen-bond donors (Lipinski definition) is 4. The normalized spacial score (nSPS) is 16.0. The Hall–Kier alpha value is -12.2. The topological polar surface area (TPSA) is 386 Å². The van der Waals surface area contributed by atoms with E-state index in [2.05, 4.69) is 136 Å². The van der Waals surface area contributed by atoms with E-state index < -0.39 is 31.4 Å². The van der Waals surface area contributed by atoms with Gasteiger partial charge in [-0.25, -0.2) is 64.3 Å². The van der Waals surface area contributed by atoms with Crippen LogP contribution in [0.4, 0.5) is 39.4 Å². The third kappa shape index (κ3) is 28.4. The number of sulfonamides is 1. The highest BCUT2D eigenvalue weighted by Crippen LogP contribution is 2.34. The zero-order chi connectivity index (χ0) is 99.4. The van der Waals surface area contributed by atoms with Crippen molar-refractivity contribution < 1.29 is 58.9 Å². The monoisotopic (exact) mass is 1980 g/mol. The Morgan fingerprint density at radius 3 is 1.14 bits per heavy atom. The summed E-state index contributed by atoms with van der Waals surface area (Å²) in [5.74, 6) is 6.08. The molecule has 42 heteroatoms. The average Bonchev–Trinajstić information content (AvgIpc) is 1.71. The van der Waals surface area contributed by atoms with Gasteiger partial charge in [0, 0.05) is 201 Å². The molecule has 0 aliphatic carbocycles. The van der Waals surface area contributed by atoms with Crippen molar-refractivity contribution in [3.63, 3.8) is 0 Å². The number of carbonyl (C=O) groups excluding carboxylic acids is 2. The Kier molecular flexibility index (Phi) is 35.1. The third-order valence-corrected chi connectivity index (χ3v) is 26.2. The van der Waals surface area contributed by atoms with Crippen LogP contribution >= 0.6 is 0 Å². The van der Waals surface area contributed by atoms with Crippen LogP contribution in [0.5, 0.6) is 0 Å². The second kappa shape index (κ2) is 48.0. The molecule has 8 aromatic heterocycles. The highest BCUT2D eigenvalue weighted by molar-refractivity contribution is 7.89. The molecule has 0 spiro atoms. The summed E-state index contributed by atoms with van der Waals surface area (Å²) in [7, 11) is 12.2. The van der Waals surface area contributed by atoms with Crippen LogP contribution in [0.25, 0.3) is 67.6 Å². The molecule has 0 bridgehead atoms. The number of fused-ring (bicyclic) bond motifs is 4. The summed E-state index contributed by atoms with van der Waals surface area (Å²) in [4.78, 5) is 70.1. The minimum absolute atomic E-state index is 0.00288. The number of aliphatic hydroxyl groups is 1. The molecular weight excluding hydrogens is 1860 g/mol. The van der Waals surface area contributed by atoms with Crippen molar-refractivity contribution in [2.24, 2.45) is 0 Å². The number of piperidine rings is 1. The number of amides is 3. The standard InChI is InChI=1S/C37H48N10O3.C21H28N6O3S.C21H27N5O3S.C20H25N5O2.O2S/c1-42(2)32-12-14-46(15-13-32)36(48)29-6-10-31(11-7-29)39-37(49)38-30-8-4-28(5-9-30)34-40-35(45-20-22-50-23-21-45)33-24-27(26-47(33)41-34)25-44-18-16-43(3)17-19-44;1-25(2)14-17-12-19-21(26-7-9-30-10-8-26)23-20(24-27(19)15-17)18-6-4-5-16(11-18)13-22-31(3,28)29;1-24(2)13-17-12-19-21(25-7-9-29-10-8-25)22-20(23-26(19)14-17)18-6-4-5-16(11-18)15-30(3,27)28;1-23(2)12-16-11-18-20(24-6-8-27-9-7-24)21-19(22-25(18)13-16)17-5-3-4-15(10-17)14-26;1-3-2/h4-11,24,26,32H,12-23,25H2,1-3H3,(H2,38,39,49);4-6,11-12,15,22H,7-10,13-14H2,1-3H3;4-6,11-12,14H,7-10,13,15H2,1-3H3;3-5,10-11,13,26H,6-9,12,14H2,1-2H3;. The Bertz CT molecular complexity index is 6700. The largest absolute Gasteiger partial charge is 0.392 e. The molecular formula is C99H128N26O13S3. The zero-order valence-corrected chi connectivity index (χ0v) is 84.5. The van der Waals surface area contributed by atoms with Gasteiger partial charge in [0.2, 0.25) is 10.0 Å². The van der Waals surface area contributed by atoms with Crippen LogP contribution in [-0.2, 0) is 95.5 Å². The van der Waals surface area contributed by atoms with Crippen LogP contribution in [0, 0.1) is 0 Å². The quantitative estimate of drug-likeness (QED) is 0.0397. The lowest BCUT2D eigenvalue weighted by Crippen LogP contribution is -2.44. The fraction of sp³-hybridized carbons (Fsp3) is 0.434. The molecule has 14 heterocycles. The van der Waals surface area contributed by atoms with Crippen molar-refractivity contribution in [3.05, 3.63) is 215 Å². The van der Waals surface area contributed by atoms with E-state index in [1.807, 2.05) is 161 Å². The number of anilines is 6. The van der Waals surface area contributed by atoms with Gasteiger partial charge < -0.3 is 83.7 Å². The van der Waals surface area contributed by atoms with E-state index in [0.717, 1.165) is 232 Å². The third-order valence-electron chi connectivity index (χ3n) is 24.7. The van der Waals surface area contributed by atoms with Gasteiger partial charge >= 0.3 is 17.6 Å². The average molecular weight is 1990 g/mol. The summed E-state index contributed by atoms with van der Waals surface area (Å²) in [5, 5.41) is 34.4. The molecule has 750 valence electrons. The predicted molar refractivity (Wildman–Crippen MR) is 548 cm³/mol. The summed E-state index contributed by atoms with van der Waals surface area (Å²) in [6.45, 7) is 21.1. The first-order valence-corrected chi connectivity index (χ1v) is 51.9. The van der Waals surface area contributed by atoms with Gasteiger partial charge in [-0.1, -0.05) is 54.6 Å². The van der Waals surface area contributed by atoms with Gasteiger partial charge in [0.1, 0.15) is 22.1 Å². The van der Waals surface area contributed by atoms with Gasteiger partial charge in [-0.3, -0.25) is 9.69 Å². The second-order valence-corrected chi connectivity index (χ2v) is 41.3. The van der Waals surface area contributed by atoms with Crippen LogP contribution in [-0.4, -0.2) is 361 Å². The Balaban J connectivity index is 0.000000145. The predicted octanol–water partition coefficient (Wildman–Crippen LogP) is 8.09. The lowest BCUT2D eigenvalue weighted by atomic mass is 10.0. The molecule has 6 aliphatic rings. The van der Waals surface area contributed by atoms with E-state index in [-0.39, 0.29) is 30.8 Å². The fourth-order valence-corrected chi connectivity index (χ4v) is 19.0. The molecule has 0 unspecified atom stereocenters. The van der Waals surface area contributed by atoms with E-state index >= 15 is 0 Å². The minimum atomic E-state index is -3.26. The molecule has 141 heavy (non-hydrogen) atoms. The van der Waals surface area contributed by atoms with E-state index in [4.69, 9.17) is 67.7 Å². The fourth-order valence-electron chi connectivity index (χ4n) is 17.8.